The van der Waals surface area contributed by atoms with Crippen LogP contribution in [0.1, 0.15) is 34.0 Å². The second kappa shape index (κ2) is 8.80. The lowest BCUT2D eigenvalue weighted by Gasteiger charge is -2.11. The molecule has 0 atom stereocenters. The van der Waals surface area contributed by atoms with Crippen molar-refractivity contribution in [2.75, 3.05) is 5.32 Å². The van der Waals surface area contributed by atoms with Gasteiger partial charge in [0, 0.05) is 17.3 Å². The number of rotatable bonds is 4. The summed E-state index contributed by atoms with van der Waals surface area (Å²) in [6.45, 7) is 6.02. The quantitative estimate of drug-likeness (QED) is 0.359. The van der Waals surface area contributed by atoms with Gasteiger partial charge in [0.2, 0.25) is 5.89 Å². The van der Waals surface area contributed by atoms with E-state index in [1.54, 1.807) is 24.3 Å². The van der Waals surface area contributed by atoms with E-state index in [0.717, 1.165) is 28.6 Å². The minimum Gasteiger partial charge on any atom is -0.507 e. The Hall–Kier alpha value is -3.71. The first kappa shape index (κ1) is 21.5. The summed E-state index contributed by atoms with van der Waals surface area (Å²) in [5, 5.41) is 16.2. The summed E-state index contributed by atoms with van der Waals surface area (Å²) in [7, 11) is 0. The predicted octanol–water partition coefficient (Wildman–Crippen LogP) is 5.51. The zero-order valence-corrected chi connectivity index (χ0v) is 18.8. The topological polar surface area (TPSA) is 87.4 Å². The number of aromatic nitrogens is 1. The second-order valence-electron chi connectivity index (χ2n) is 7.64. The number of carbonyl (C=O) groups excluding carboxylic acids is 1. The van der Waals surface area contributed by atoms with Gasteiger partial charge in [-0.15, -0.1) is 0 Å². The summed E-state index contributed by atoms with van der Waals surface area (Å²) in [5.74, 6) is 0.0208. The van der Waals surface area contributed by atoms with Gasteiger partial charge in [0.25, 0.3) is 5.91 Å². The molecule has 0 fully saturated rings. The Balaban J connectivity index is 1.47. The lowest BCUT2D eigenvalue weighted by molar-refractivity contribution is 0.0977. The number of phenols is 1. The van der Waals surface area contributed by atoms with E-state index in [-0.39, 0.29) is 16.8 Å². The van der Waals surface area contributed by atoms with Crippen LogP contribution >= 0.6 is 12.2 Å². The molecule has 7 heteroatoms. The molecule has 6 nitrogen and oxygen atoms in total. The van der Waals surface area contributed by atoms with E-state index in [1.807, 2.05) is 38.1 Å². The molecule has 1 amide bonds. The second-order valence-corrected chi connectivity index (χ2v) is 8.05. The smallest absolute Gasteiger partial charge is 0.257 e. The molecule has 0 saturated heterocycles. The molecule has 162 valence electrons. The van der Waals surface area contributed by atoms with Crippen molar-refractivity contribution < 1.29 is 14.3 Å². The molecular weight excluding hydrogens is 422 g/mol. The molecule has 4 aromatic rings. The highest BCUT2D eigenvalue weighted by Crippen LogP contribution is 2.34. The third-order valence-corrected chi connectivity index (χ3v) is 5.36. The van der Waals surface area contributed by atoms with Gasteiger partial charge in [0.05, 0.1) is 5.56 Å². The number of hydrogen-bond acceptors (Lipinski definition) is 5. The number of anilines is 1. The highest BCUT2D eigenvalue weighted by molar-refractivity contribution is 7.80. The number of carbonyl (C=O) groups is 1. The van der Waals surface area contributed by atoms with Crippen LogP contribution in [0.4, 0.5) is 5.69 Å². The van der Waals surface area contributed by atoms with E-state index < -0.39 is 0 Å². The van der Waals surface area contributed by atoms with Crippen molar-refractivity contribution in [3.05, 3.63) is 76.9 Å². The van der Waals surface area contributed by atoms with E-state index in [0.29, 0.717) is 28.3 Å². The molecule has 0 unspecified atom stereocenters. The lowest BCUT2D eigenvalue weighted by Crippen LogP contribution is -2.34. The van der Waals surface area contributed by atoms with Crippen molar-refractivity contribution in [1.82, 2.24) is 10.3 Å². The Kier molecular flexibility index (Phi) is 5.92. The summed E-state index contributed by atoms with van der Waals surface area (Å²) < 4.78 is 5.89. The van der Waals surface area contributed by atoms with Gasteiger partial charge in [0.15, 0.2) is 10.7 Å². The number of aryl methyl sites for hydroxylation is 3. The Bertz CT molecular complexity index is 1330. The van der Waals surface area contributed by atoms with Gasteiger partial charge in [-0.2, -0.15) is 0 Å². The summed E-state index contributed by atoms with van der Waals surface area (Å²) in [6.07, 6.45) is 0.907. The van der Waals surface area contributed by atoms with Gasteiger partial charge in [0.1, 0.15) is 11.3 Å². The SMILES string of the molecule is CCc1ccc(C(=O)NC(=S)Nc2ccc(-c3nc4cc(C)cc(C)c4o3)c(O)c2)cc1. The highest BCUT2D eigenvalue weighted by atomic mass is 32.1. The van der Waals surface area contributed by atoms with Crippen LogP contribution in [0.5, 0.6) is 5.75 Å². The summed E-state index contributed by atoms with van der Waals surface area (Å²) in [4.78, 5) is 16.9. The van der Waals surface area contributed by atoms with E-state index in [1.165, 1.54) is 6.07 Å². The molecule has 0 bridgehead atoms. The van der Waals surface area contributed by atoms with Crippen molar-refractivity contribution in [3.8, 4) is 17.2 Å². The minimum absolute atomic E-state index is 0.0137. The van der Waals surface area contributed by atoms with Gasteiger partial charge in [-0.25, -0.2) is 4.98 Å². The summed E-state index contributed by atoms with van der Waals surface area (Å²) >= 11 is 5.25. The largest absolute Gasteiger partial charge is 0.507 e. The number of nitrogens with zero attached hydrogens (tertiary/aromatic N) is 1. The van der Waals surface area contributed by atoms with Crippen molar-refractivity contribution in [2.24, 2.45) is 0 Å². The van der Waals surface area contributed by atoms with Crippen LogP contribution in [0.25, 0.3) is 22.6 Å². The van der Waals surface area contributed by atoms with E-state index in [4.69, 9.17) is 16.6 Å². The summed E-state index contributed by atoms with van der Waals surface area (Å²) in [6, 6.07) is 16.3. The van der Waals surface area contributed by atoms with Crippen LogP contribution in [0, 0.1) is 13.8 Å². The number of nitrogens with one attached hydrogen (secondary N) is 2. The molecule has 3 N–H and O–H groups in total. The maximum absolute atomic E-state index is 12.4. The Labute approximate surface area is 191 Å². The van der Waals surface area contributed by atoms with E-state index in [9.17, 15) is 9.90 Å². The maximum Gasteiger partial charge on any atom is 0.257 e. The zero-order valence-electron chi connectivity index (χ0n) is 18.0. The van der Waals surface area contributed by atoms with Crippen molar-refractivity contribution in [3.63, 3.8) is 0 Å². The molecule has 0 spiro atoms. The molecule has 0 aliphatic carbocycles. The van der Waals surface area contributed by atoms with E-state index in [2.05, 4.69) is 22.5 Å². The Morgan fingerprint density at radius 1 is 1.09 bits per heavy atom. The molecule has 4 rings (SSSR count). The van der Waals surface area contributed by atoms with Crippen LogP contribution in [0.2, 0.25) is 0 Å². The first-order valence-electron chi connectivity index (χ1n) is 10.3. The molecular formula is C25H23N3O3S. The number of amides is 1. The molecule has 0 aliphatic heterocycles. The van der Waals surface area contributed by atoms with Gasteiger partial charge < -0.3 is 14.8 Å². The number of aromatic hydroxyl groups is 1. The third kappa shape index (κ3) is 4.48. The number of benzene rings is 3. The van der Waals surface area contributed by atoms with Crippen molar-refractivity contribution >= 4 is 40.0 Å². The zero-order chi connectivity index (χ0) is 22.8. The van der Waals surface area contributed by atoms with Gasteiger partial charge in [-0.1, -0.05) is 25.1 Å². The van der Waals surface area contributed by atoms with Crippen LogP contribution < -0.4 is 10.6 Å². The Morgan fingerprint density at radius 3 is 2.53 bits per heavy atom. The lowest BCUT2D eigenvalue weighted by atomic mass is 10.1. The molecule has 1 aromatic heterocycles. The average molecular weight is 446 g/mol. The first-order chi connectivity index (χ1) is 15.3. The number of thiocarbonyl (C=S) groups is 1. The molecule has 0 aliphatic rings. The Morgan fingerprint density at radius 2 is 1.84 bits per heavy atom. The molecule has 0 radical (unpaired) electrons. The maximum atomic E-state index is 12.4. The van der Waals surface area contributed by atoms with Crippen LogP contribution in [0.3, 0.4) is 0 Å². The van der Waals surface area contributed by atoms with Crippen LogP contribution in [-0.4, -0.2) is 21.1 Å². The molecule has 32 heavy (non-hydrogen) atoms. The predicted molar refractivity (Wildman–Crippen MR) is 130 cm³/mol. The summed E-state index contributed by atoms with van der Waals surface area (Å²) in [5.41, 5.74) is 6.19. The molecule has 3 aromatic carbocycles. The normalized spacial score (nSPS) is 10.8. The number of fused-ring (bicyclic) bond motifs is 1. The average Bonchev–Trinajstić information content (AvgIpc) is 3.17. The number of phenolic OH excluding ortho intramolecular Hbond substituents is 1. The minimum atomic E-state index is -0.303. The monoisotopic (exact) mass is 445 g/mol. The van der Waals surface area contributed by atoms with Crippen LogP contribution in [0.15, 0.2) is 59.0 Å². The van der Waals surface area contributed by atoms with E-state index >= 15 is 0 Å². The third-order valence-electron chi connectivity index (χ3n) is 5.16. The van der Waals surface area contributed by atoms with Gasteiger partial charge in [-0.3, -0.25) is 10.1 Å². The highest BCUT2D eigenvalue weighted by Gasteiger charge is 2.15. The van der Waals surface area contributed by atoms with Crippen LogP contribution in [-0.2, 0) is 6.42 Å². The standard InChI is InChI=1S/C25H23N3O3S/c1-4-16-5-7-17(8-6-16)23(30)28-25(32)26-18-9-10-19(21(29)13-18)24-27-20-12-14(2)11-15(3)22(20)31-24/h5-13,29H,4H2,1-3H3,(H2,26,28,30,32). The van der Waals surface area contributed by atoms with Gasteiger partial charge >= 0.3 is 0 Å². The first-order valence-corrected chi connectivity index (χ1v) is 10.7. The molecule has 0 saturated carbocycles. The number of hydrogen-bond donors (Lipinski definition) is 3. The van der Waals surface area contributed by atoms with Crippen molar-refractivity contribution in [2.45, 2.75) is 27.2 Å². The fourth-order valence-corrected chi connectivity index (χ4v) is 3.72. The fourth-order valence-electron chi connectivity index (χ4n) is 3.51. The number of oxazole rings is 1. The molecule has 1 heterocycles. The van der Waals surface area contributed by atoms with Crippen molar-refractivity contribution in [1.29, 1.82) is 0 Å². The van der Waals surface area contributed by atoms with Gasteiger partial charge in [-0.05, 0) is 79.5 Å². The fraction of sp³-hybridized carbons (Fsp3) is 0.160.